The molecule has 0 saturated heterocycles. The van der Waals surface area contributed by atoms with Crippen LogP contribution in [0.4, 0.5) is 5.69 Å². The monoisotopic (exact) mass is 267 g/mol. The Bertz CT molecular complexity index is 646. The molecule has 1 aliphatic rings. The van der Waals surface area contributed by atoms with Crippen LogP contribution in [0.15, 0.2) is 59.6 Å². The number of fused-ring (bicyclic) bond motifs is 1. The molecule has 3 heteroatoms. The summed E-state index contributed by atoms with van der Waals surface area (Å²) in [5.74, 6) is 0. The Balaban J connectivity index is 2.03. The molecule has 0 aromatic heterocycles. The van der Waals surface area contributed by atoms with Crippen molar-refractivity contribution >= 4 is 28.8 Å². The number of benzene rings is 2. The summed E-state index contributed by atoms with van der Waals surface area (Å²) in [7, 11) is 0. The van der Waals surface area contributed by atoms with Crippen molar-refractivity contribution in [2.45, 2.75) is 11.8 Å². The van der Waals surface area contributed by atoms with E-state index in [2.05, 4.69) is 31.2 Å². The van der Waals surface area contributed by atoms with E-state index in [1.54, 1.807) is 16.7 Å². The van der Waals surface area contributed by atoms with Gasteiger partial charge in [0.15, 0.2) is 0 Å². The van der Waals surface area contributed by atoms with Crippen molar-refractivity contribution in [2.24, 2.45) is 0 Å². The molecule has 1 aliphatic heterocycles. The Hall–Kier alpha value is -2.00. The largest absolute Gasteiger partial charge is 0.288 e. The molecule has 0 unspecified atom stereocenters. The van der Waals surface area contributed by atoms with E-state index in [4.69, 9.17) is 0 Å². The van der Waals surface area contributed by atoms with Crippen molar-refractivity contribution in [3.8, 4) is 0 Å². The van der Waals surface area contributed by atoms with Crippen LogP contribution in [-0.2, 0) is 4.79 Å². The average molecular weight is 267 g/mol. The fourth-order valence-electron chi connectivity index (χ4n) is 2.04. The molecule has 2 aromatic carbocycles. The lowest BCUT2D eigenvalue weighted by Gasteiger charge is -2.24. The molecule has 0 spiro atoms. The number of thioether (sulfide) groups is 1. The molecule has 19 heavy (non-hydrogen) atoms. The predicted octanol–water partition coefficient (Wildman–Crippen LogP) is 4.06. The lowest BCUT2D eigenvalue weighted by molar-refractivity contribution is -0.107. The molecule has 0 N–H and O–H groups in total. The highest BCUT2D eigenvalue weighted by Gasteiger charge is 2.18. The molecule has 2 nitrogen and oxygen atoms in total. The normalized spacial score (nSPS) is 13.7. The van der Waals surface area contributed by atoms with Gasteiger partial charge >= 0.3 is 0 Å². The summed E-state index contributed by atoms with van der Waals surface area (Å²) in [4.78, 5) is 15.1. The quantitative estimate of drug-likeness (QED) is 0.765. The van der Waals surface area contributed by atoms with Gasteiger partial charge in [-0.25, -0.2) is 0 Å². The maximum atomic E-state index is 11.2. The number of para-hydroxylation sites is 1. The number of carbonyl (C=O) groups excluding carboxylic acids is 1. The Morgan fingerprint density at radius 2 is 1.79 bits per heavy atom. The summed E-state index contributed by atoms with van der Waals surface area (Å²) >= 11 is 1.70. The summed E-state index contributed by atoms with van der Waals surface area (Å²) < 4.78 is 0. The van der Waals surface area contributed by atoms with Crippen LogP contribution in [0.3, 0.4) is 0 Å². The summed E-state index contributed by atoms with van der Waals surface area (Å²) in [6.45, 7) is 2.07. The van der Waals surface area contributed by atoms with Crippen LogP contribution >= 0.6 is 11.8 Å². The van der Waals surface area contributed by atoms with Gasteiger partial charge in [-0.2, -0.15) is 0 Å². The number of anilines is 1. The number of nitrogens with zero attached hydrogens (tertiary/aromatic N) is 1. The number of amides is 1. The lowest BCUT2D eigenvalue weighted by Crippen LogP contribution is -2.16. The number of aryl methyl sites for hydroxylation is 1. The zero-order chi connectivity index (χ0) is 13.2. The molecular weight excluding hydrogens is 254 g/mol. The first-order valence-corrected chi connectivity index (χ1v) is 6.89. The molecular formula is C16H13NOS. The third-order valence-electron chi connectivity index (χ3n) is 3.07. The van der Waals surface area contributed by atoms with Crippen LogP contribution in [0, 0.1) is 6.92 Å². The molecule has 0 radical (unpaired) electrons. The van der Waals surface area contributed by atoms with Crippen molar-refractivity contribution < 1.29 is 4.79 Å². The molecule has 3 rings (SSSR count). The number of carbonyl (C=O) groups is 1. The molecule has 0 atom stereocenters. The second kappa shape index (κ2) is 4.94. The summed E-state index contributed by atoms with van der Waals surface area (Å²) in [5.41, 5.74) is 3.31. The third kappa shape index (κ3) is 2.29. The summed E-state index contributed by atoms with van der Waals surface area (Å²) in [5, 5.41) is 0. The minimum atomic E-state index is 0.854. The first kappa shape index (κ1) is 12.1. The smallest absolute Gasteiger partial charge is 0.218 e. The van der Waals surface area contributed by atoms with Gasteiger partial charge in [0.1, 0.15) is 0 Å². The van der Waals surface area contributed by atoms with E-state index in [1.165, 1.54) is 5.56 Å². The second-order valence-electron chi connectivity index (χ2n) is 4.44. The standard InChI is InChI=1S/C16H13NOS/c1-12-6-8-13(9-7-12)16-10-17(11-18)14-4-2-3-5-15(14)19-16/h2-11H,1H3. The number of hydrogen-bond donors (Lipinski definition) is 0. The van der Waals surface area contributed by atoms with Crippen LogP contribution in [0.5, 0.6) is 0 Å². The number of hydrogen-bond acceptors (Lipinski definition) is 2. The minimum Gasteiger partial charge on any atom is -0.288 e. The van der Waals surface area contributed by atoms with Gasteiger partial charge in [0.05, 0.1) is 5.69 Å². The number of rotatable bonds is 2. The molecule has 0 fully saturated rings. The van der Waals surface area contributed by atoms with Gasteiger partial charge in [0.2, 0.25) is 6.41 Å². The molecule has 1 amide bonds. The predicted molar refractivity (Wildman–Crippen MR) is 80.0 cm³/mol. The maximum absolute atomic E-state index is 11.2. The molecule has 94 valence electrons. The molecule has 0 bridgehead atoms. The van der Waals surface area contributed by atoms with E-state index >= 15 is 0 Å². The van der Waals surface area contributed by atoms with Gasteiger partial charge in [0, 0.05) is 16.0 Å². The van der Waals surface area contributed by atoms with Gasteiger partial charge in [-0.15, -0.1) is 0 Å². The van der Waals surface area contributed by atoms with Crippen LogP contribution in [0.2, 0.25) is 0 Å². The highest BCUT2D eigenvalue weighted by molar-refractivity contribution is 8.08. The average Bonchev–Trinajstić information content (AvgIpc) is 2.47. The fourth-order valence-corrected chi connectivity index (χ4v) is 3.12. The molecule has 1 heterocycles. The van der Waals surface area contributed by atoms with Crippen molar-refractivity contribution in [1.29, 1.82) is 0 Å². The molecule has 0 saturated carbocycles. The van der Waals surface area contributed by atoms with Crippen LogP contribution in [-0.4, -0.2) is 6.41 Å². The Kier molecular flexibility index (Phi) is 3.13. The van der Waals surface area contributed by atoms with E-state index in [-0.39, 0.29) is 0 Å². The third-order valence-corrected chi connectivity index (χ3v) is 4.20. The van der Waals surface area contributed by atoms with Crippen LogP contribution in [0.1, 0.15) is 11.1 Å². The van der Waals surface area contributed by atoms with Crippen molar-refractivity contribution in [3.63, 3.8) is 0 Å². The van der Waals surface area contributed by atoms with Crippen LogP contribution < -0.4 is 4.90 Å². The Labute approximate surface area is 116 Å². The van der Waals surface area contributed by atoms with Gasteiger partial charge < -0.3 is 0 Å². The first-order valence-electron chi connectivity index (χ1n) is 6.07. The minimum absolute atomic E-state index is 0.854. The van der Waals surface area contributed by atoms with E-state index in [0.29, 0.717) is 0 Å². The van der Waals surface area contributed by atoms with Crippen molar-refractivity contribution in [2.75, 3.05) is 4.90 Å². The van der Waals surface area contributed by atoms with Crippen LogP contribution in [0.25, 0.3) is 4.91 Å². The zero-order valence-corrected chi connectivity index (χ0v) is 11.4. The maximum Gasteiger partial charge on any atom is 0.218 e. The SMILES string of the molecule is Cc1ccc(C2=CN(C=O)c3ccccc3S2)cc1. The van der Waals surface area contributed by atoms with Gasteiger partial charge in [-0.1, -0.05) is 53.7 Å². The van der Waals surface area contributed by atoms with Crippen molar-refractivity contribution in [3.05, 3.63) is 65.9 Å². The van der Waals surface area contributed by atoms with E-state index < -0.39 is 0 Å². The van der Waals surface area contributed by atoms with Crippen molar-refractivity contribution in [1.82, 2.24) is 0 Å². The highest BCUT2D eigenvalue weighted by Crippen LogP contribution is 2.43. The first-order chi connectivity index (χ1) is 9.28. The lowest BCUT2D eigenvalue weighted by atomic mass is 10.1. The van der Waals surface area contributed by atoms with Gasteiger partial charge in [-0.3, -0.25) is 9.69 Å². The Morgan fingerprint density at radius 3 is 2.53 bits per heavy atom. The highest BCUT2D eigenvalue weighted by atomic mass is 32.2. The summed E-state index contributed by atoms with van der Waals surface area (Å²) in [6, 6.07) is 16.3. The Morgan fingerprint density at radius 1 is 1.05 bits per heavy atom. The molecule has 2 aromatic rings. The second-order valence-corrected chi connectivity index (χ2v) is 5.53. The van der Waals surface area contributed by atoms with Gasteiger partial charge in [0.25, 0.3) is 0 Å². The zero-order valence-electron chi connectivity index (χ0n) is 10.5. The fraction of sp³-hybridized carbons (Fsp3) is 0.0625. The van der Waals surface area contributed by atoms with Gasteiger partial charge in [-0.05, 0) is 24.6 Å². The van der Waals surface area contributed by atoms with E-state index in [9.17, 15) is 4.79 Å². The van der Waals surface area contributed by atoms with E-state index in [0.717, 1.165) is 27.5 Å². The molecule has 0 aliphatic carbocycles. The topological polar surface area (TPSA) is 20.3 Å². The summed E-state index contributed by atoms with van der Waals surface area (Å²) in [6.07, 6.45) is 2.75. The van der Waals surface area contributed by atoms with E-state index in [1.807, 2.05) is 30.5 Å².